The van der Waals surface area contributed by atoms with E-state index < -0.39 is 0 Å². The van der Waals surface area contributed by atoms with Crippen molar-refractivity contribution in [2.45, 2.75) is 27.3 Å². The van der Waals surface area contributed by atoms with Crippen LogP contribution in [0.3, 0.4) is 0 Å². The van der Waals surface area contributed by atoms with Gasteiger partial charge in [-0.1, -0.05) is 32.9 Å². The van der Waals surface area contributed by atoms with E-state index in [4.69, 9.17) is 0 Å². The summed E-state index contributed by atoms with van der Waals surface area (Å²) < 4.78 is 15.8. The highest BCUT2D eigenvalue weighted by molar-refractivity contribution is 6.01. The number of benzene rings is 2. The molecule has 1 N–H and O–H groups in total. The minimum absolute atomic E-state index is 0.0221. The monoisotopic (exact) mass is 450 g/mol. The number of carbonyl (C=O) groups is 2. The molecule has 0 bridgehead atoms. The summed E-state index contributed by atoms with van der Waals surface area (Å²) in [4.78, 5) is 29.9. The zero-order valence-corrected chi connectivity index (χ0v) is 19.5. The molecule has 0 radical (unpaired) electrons. The molecule has 1 aromatic heterocycles. The minimum atomic E-state index is -0.300. The Bertz CT molecular complexity index is 1160. The van der Waals surface area contributed by atoms with E-state index >= 15 is 0 Å². The van der Waals surface area contributed by atoms with E-state index in [-0.39, 0.29) is 23.5 Å². The average Bonchev–Trinajstić information content (AvgIpc) is 3.16. The molecule has 1 fully saturated rings. The van der Waals surface area contributed by atoms with Gasteiger partial charge in [0.1, 0.15) is 11.5 Å². The maximum Gasteiger partial charge on any atom is 0.270 e. The summed E-state index contributed by atoms with van der Waals surface area (Å²) in [6.07, 6.45) is 0. The number of carbonyl (C=O) groups excluding carboxylic acids is 2. The number of piperazine rings is 1. The number of rotatable bonds is 6. The molecule has 1 aliphatic heterocycles. The number of likely N-dealkylation sites (N-methyl/N-ethyl adjacent to an activating group) is 1. The van der Waals surface area contributed by atoms with Crippen LogP contribution in [-0.2, 0) is 11.3 Å². The Morgan fingerprint density at radius 3 is 2.45 bits per heavy atom. The van der Waals surface area contributed by atoms with Crippen molar-refractivity contribution >= 4 is 28.4 Å². The van der Waals surface area contributed by atoms with Gasteiger partial charge in [0.15, 0.2) is 0 Å². The fourth-order valence-corrected chi connectivity index (χ4v) is 4.23. The molecule has 7 heteroatoms. The summed E-state index contributed by atoms with van der Waals surface area (Å²) in [6.45, 7) is 10.3. The number of aromatic nitrogens is 1. The van der Waals surface area contributed by atoms with Gasteiger partial charge in [-0.15, -0.1) is 0 Å². The highest BCUT2D eigenvalue weighted by atomic mass is 19.1. The summed E-state index contributed by atoms with van der Waals surface area (Å²) in [7, 11) is 0. The van der Waals surface area contributed by atoms with Crippen molar-refractivity contribution in [3.8, 4) is 0 Å². The first kappa shape index (κ1) is 23.0. The van der Waals surface area contributed by atoms with Crippen molar-refractivity contribution in [3.05, 3.63) is 65.6 Å². The van der Waals surface area contributed by atoms with Crippen molar-refractivity contribution in [3.63, 3.8) is 0 Å². The average molecular weight is 451 g/mol. The van der Waals surface area contributed by atoms with Crippen molar-refractivity contribution < 1.29 is 14.0 Å². The van der Waals surface area contributed by atoms with E-state index in [9.17, 15) is 14.0 Å². The Labute approximate surface area is 194 Å². The molecule has 2 amide bonds. The Morgan fingerprint density at radius 2 is 1.79 bits per heavy atom. The van der Waals surface area contributed by atoms with Gasteiger partial charge in [0, 0.05) is 55.2 Å². The van der Waals surface area contributed by atoms with Crippen LogP contribution in [-0.4, -0.2) is 58.9 Å². The van der Waals surface area contributed by atoms with Gasteiger partial charge in [-0.2, -0.15) is 0 Å². The molecule has 4 rings (SSSR count). The third-order valence-electron chi connectivity index (χ3n) is 6.25. The number of anilines is 1. The molecule has 174 valence electrons. The first-order valence-corrected chi connectivity index (χ1v) is 11.6. The molecule has 0 saturated carbocycles. The maximum absolute atomic E-state index is 13.8. The molecule has 0 unspecified atom stereocenters. The molecule has 33 heavy (non-hydrogen) atoms. The Hall–Kier alpha value is -3.19. The van der Waals surface area contributed by atoms with E-state index in [0.717, 1.165) is 36.1 Å². The van der Waals surface area contributed by atoms with Crippen LogP contribution in [0.15, 0.2) is 48.5 Å². The molecule has 1 aliphatic rings. The number of halogens is 1. The zero-order valence-electron chi connectivity index (χ0n) is 19.5. The van der Waals surface area contributed by atoms with Crippen molar-refractivity contribution in [1.82, 2.24) is 14.4 Å². The molecule has 2 aromatic carbocycles. The maximum atomic E-state index is 13.8. The number of hydrogen-bond donors (Lipinski definition) is 1. The molecule has 1 saturated heterocycles. The van der Waals surface area contributed by atoms with Crippen LogP contribution in [0.5, 0.6) is 0 Å². The molecule has 0 atom stereocenters. The predicted octanol–water partition coefficient (Wildman–Crippen LogP) is 4.20. The highest BCUT2D eigenvalue weighted by Crippen LogP contribution is 2.26. The number of fused-ring (bicyclic) bond motifs is 1. The molecule has 0 spiro atoms. The zero-order chi connectivity index (χ0) is 23.5. The lowest BCUT2D eigenvalue weighted by molar-refractivity contribution is -0.118. The predicted molar refractivity (Wildman–Crippen MR) is 129 cm³/mol. The van der Waals surface area contributed by atoms with Gasteiger partial charge in [0.2, 0.25) is 5.91 Å². The summed E-state index contributed by atoms with van der Waals surface area (Å²) in [6, 6.07) is 14.0. The number of hydrogen-bond acceptors (Lipinski definition) is 3. The van der Waals surface area contributed by atoms with E-state index in [0.29, 0.717) is 31.0 Å². The Balaban J connectivity index is 1.71. The molecule has 6 nitrogen and oxygen atoms in total. The summed E-state index contributed by atoms with van der Waals surface area (Å²) in [5.74, 6) is -0.506. The van der Waals surface area contributed by atoms with E-state index in [1.54, 1.807) is 6.07 Å². The first-order valence-electron chi connectivity index (χ1n) is 11.6. The third kappa shape index (κ3) is 5.09. The van der Waals surface area contributed by atoms with E-state index in [1.165, 1.54) is 12.1 Å². The van der Waals surface area contributed by atoms with Gasteiger partial charge >= 0.3 is 0 Å². The first-order chi connectivity index (χ1) is 15.9. The second kappa shape index (κ2) is 9.75. The van der Waals surface area contributed by atoms with Gasteiger partial charge in [0.25, 0.3) is 5.91 Å². The fourth-order valence-electron chi connectivity index (χ4n) is 4.23. The lowest BCUT2D eigenvalue weighted by Gasteiger charge is -2.34. The molecule has 2 heterocycles. The smallest absolute Gasteiger partial charge is 0.270 e. The number of amides is 2. The molecular weight excluding hydrogens is 419 g/mol. The largest absolute Gasteiger partial charge is 0.335 e. The lowest BCUT2D eigenvalue weighted by atomic mass is 10.2. The molecule has 3 aromatic rings. The topological polar surface area (TPSA) is 57.6 Å². The Morgan fingerprint density at radius 1 is 1.03 bits per heavy atom. The van der Waals surface area contributed by atoms with Crippen LogP contribution in [0.4, 0.5) is 10.1 Å². The van der Waals surface area contributed by atoms with Crippen LogP contribution in [0.25, 0.3) is 10.9 Å². The standard InChI is InChI=1S/C26H31FN4O2/c1-4-29-10-12-30(13-11-29)26(33)24-16-20-15-22(28-25(32)18(2)3)8-9-23(20)31(24)17-19-6-5-7-21(27)14-19/h5-9,14-16,18H,4,10-13,17H2,1-3H3,(H,28,32). The van der Waals surface area contributed by atoms with Crippen LogP contribution < -0.4 is 5.32 Å². The van der Waals surface area contributed by atoms with Gasteiger partial charge in [-0.3, -0.25) is 9.59 Å². The Kier molecular flexibility index (Phi) is 6.79. The van der Waals surface area contributed by atoms with Crippen LogP contribution in [0, 0.1) is 11.7 Å². The van der Waals surface area contributed by atoms with Crippen molar-refractivity contribution in [2.75, 3.05) is 38.0 Å². The SMILES string of the molecule is CCN1CCN(C(=O)c2cc3cc(NC(=O)C(C)C)ccc3n2Cc2cccc(F)c2)CC1. The van der Waals surface area contributed by atoms with Gasteiger partial charge in [0.05, 0.1) is 0 Å². The second-order valence-electron chi connectivity index (χ2n) is 8.89. The fraction of sp³-hybridized carbons (Fsp3) is 0.385. The van der Waals surface area contributed by atoms with Crippen molar-refractivity contribution in [1.29, 1.82) is 0 Å². The summed E-state index contributed by atoms with van der Waals surface area (Å²) >= 11 is 0. The van der Waals surface area contributed by atoms with Gasteiger partial charge in [-0.05, 0) is 48.5 Å². The van der Waals surface area contributed by atoms with Gasteiger partial charge < -0.3 is 19.7 Å². The van der Waals surface area contributed by atoms with Crippen LogP contribution >= 0.6 is 0 Å². The molecular formula is C26H31FN4O2. The quantitative estimate of drug-likeness (QED) is 0.612. The number of nitrogens with one attached hydrogen (secondary N) is 1. The van der Waals surface area contributed by atoms with E-state index in [1.807, 2.05) is 53.6 Å². The van der Waals surface area contributed by atoms with Crippen LogP contribution in [0.1, 0.15) is 36.8 Å². The third-order valence-corrected chi connectivity index (χ3v) is 6.25. The molecule has 0 aliphatic carbocycles. The highest BCUT2D eigenvalue weighted by Gasteiger charge is 2.25. The van der Waals surface area contributed by atoms with E-state index in [2.05, 4.69) is 17.1 Å². The number of nitrogens with zero attached hydrogens (tertiary/aromatic N) is 3. The van der Waals surface area contributed by atoms with Crippen LogP contribution in [0.2, 0.25) is 0 Å². The minimum Gasteiger partial charge on any atom is -0.335 e. The normalized spacial score (nSPS) is 14.8. The summed E-state index contributed by atoms with van der Waals surface area (Å²) in [5.41, 5.74) is 2.93. The lowest BCUT2D eigenvalue weighted by Crippen LogP contribution is -2.48. The van der Waals surface area contributed by atoms with Gasteiger partial charge in [-0.25, -0.2) is 4.39 Å². The van der Waals surface area contributed by atoms with Crippen molar-refractivity contribution in [2.24, 2.45) is 5.92 Å². The summed E-state index contributed by atoms with van der Waals surface area (Å²) in [5, 5.41) is 3.79. The second-order valence-corrected chi connectivity index (χ2v) is 8.89.